The number of aromatic nitrogens is 1. The van der Waals surface area contributed by atoms with Gasteiger partial charge in [0.15, 0.2) is 0 Å². The summed E-state index contributed by atoms with van der Waals surface area (Å²) in [6, 6.07) is 14.6. The van der Waals surface area contributed by atoms with Crippen molar-refractivity contribution >= 4 is 27.6 Å². The van der Waals surface area contributed by atoms with Crippen LogP contribution in [0.15, 0.2) is 42.5 Å². The molecule has 1 aromatic heterocycles. The number of ketones is 1. The van der Waals surface area contributed by atoms with E-state index in [1.165, 1.54) is 16.3 Å². The second-order valence-electron chi connectivity index (χ2n) is 5.21. The third-order valence-corrected chi connectivity index (χ3v) is 3.85. The Kier molecular flexibility index (Phi) is 3.28. The molecule has 0 spiro atoms. The number of carbonyl (C=O) groups excluding carboxylic acids is 1. The number of rotatable bonds is 4. The van der Waals surface area contributed by atoms with E-state index in [4.69, 9.17) is 0 Å². The average molecular weight is 266 g/mol. The third kappa shape index (κ3) is 2.21. The van der Waals surface area contributed by atoms with Crippen molar-refractivity contribution in [3.63, 3.8) is 0 Å². The van der Waals surface area contributed by atoms with Crippen molar-refractivity contribution in [3.05, 3.63) is 48.0 Å². The van der Waals surface area contributed by atoms with Crippen molar-refractivity contribution in [2.75, 3.05) is 7.05 Å². The third-order valence-electron chi connectivity index (χ3n) is 3.85. The number of carbonyl (C=O) groups is 1. The number of benzene rings is 2. The number of hydrogen-bond donors (Lipinski definition) is 2. The fraction of sp³-hybridized carbons (Fsp3) is 0.235. The van der Waals surface area contributed by atoms with Crippen LogP contribution in [0.3, 0.4) is 0 Å². The van der Waals surface area contributed by atoms with Crippen LogP contribution in [-0.2, 0) is 11.2 Å². The molecule has 0 aliphatic carbocycles. The number of fused-ring (bicyclic) bond motifs is 3. The lowest BCUT2D eigenvalue weighted by Gasteiger charge is -2.12. The minimum Gasteiger partial charge on any atom is -0.355 e. The fourth-order valence-corrected chi connectivity index (χ4v) is 2.71. The van der Waals surface area contributed by atoms with Gasteiger partial charge in [0.2, 0.25) is 0 Å². The molecular weight excluding hydrogens is 248 g/mol. The predicted octanol–water partition coefficient (Wildman–Crippen LogP) is 3.04. The zero-order valence-electron chi connectivity index (χ0n) is 11.7. The fourth-order valence-electron chi connectivity index (χ4n) is 2.71. The van der Waals surface area contributed by atoms with Crippen LogP contribution in [-0.4, -0.2) is 23.9 Å². The van der Waals surface area contributed by atoms with Crippen molar-refractivity contribution in [2.45, 2.75) is 19.4 Å². The van der Waals surface area contributed by atoms with Crippen LogP contribution < -0.4 is 5.32 Å². The zero-order chi connectivity index (χ0) is 14.1. The van der Waals surface area contributed by atoms with E-state index < -0.39 is 0 Å². The van der Waals surface area contributed by atoms with E-state index in [0.29, 0.717) is 0 Å². The van der Waals surface area contributed by atoms with E-state index in [2.05, 4.69) is 46.7 Å². The first-order valence-corrected chi connectivity index (χ1v) is 6.86. The van der Waals surface area contributed by atoms with Crippen LogP contribution >= 0.6 is 0 Å². The average Bonchev–Trinajstić information content (AvgIpc) is 2.82. The molecule has 3 heteroatoms. The van der Waals surface area contributed by atoms with Crippen LogP contribution in [0.2, 0.25) is 0 Å². The largest absolute Gasteiger partial charge is 0.355 e. The first-order chi connectivity index (χ1) is 9.69. The number of nitrogens with one attached hydrogen (secondary N) is 2. The Morgan fingerprint density at radius 1 is 1.15 bits per heavy atom. The molecule has 3 rings (SSSR count). The monoisotopic (exact) mass is 266 g/mol. The Labute approximate surface area is 118 Å². The van der Waals surface area contributed by atoms with E-state index in [-0.39, 0.29) is 11.8 Å². The molecule has 0 saturated carbocycles. The number of aromatic amines is 1. The highest BCUT2D eigenvalue weighted by Gasteiger charge is 2.13. The molecule has 0 fully saturated rings. The Hall–Kier alpha value is -2.13. The molecule has 20 heavy (non-hydrogen) atoms. The van der Waals surface area contributed by atoms with Gasteiger partial charge in [0.05, 0.1) is 6.04 Å². The van der Waals surface area contributed by atoms with Gasteiger partial charge in [0, 0.05) is 21.8 Å². The number of H-pyrrole nitrogens is 1. The van der Waals surface area contributed by atoms with Crippen LogP contribution in [0.4, 0.5) is 0 Å². The van der Waals surface area contributed by atoms with E-state index in [1.54, 1.807) is 6.92 Å². The molecule has 2 aromatic carbocycles. The first-order valence-electron chi connectivity index (χ1n) is 6.86. The van der Waals surface area contributed by atoms with Gasteiger partial charge in [0.25, 0.3) is 0 Å². The number of likely N-dealkylation sites (N-methyl/N-ethyl adjacent to an activating group) is 1. The van der Waals surface area contributed by atoms with E-state index in [1.807, 2.05) is 13.1 Å². The zero-order valence-corrected chi connectivity index (χ0v) is 11.7. The molecular formula is C17H18N2O. The molecule has 0 bridgehead atoms. The highest BCUT2D eigenvalue weighted by molar-refractivity contribution is 6.07. The van der Waals surface area contributed by atoms with E-state index >= 15 is 0 Å². The lowest BCUT2D eigenvalue weighted by Crippen LogP contribution is -2.34. The van der Waals surface area contributed by atoms with Crippen LogP contribution in [0, 0.1) is 0 Å². The summed E-state index contributed by atoms with van der Waals surface area (Å²) in [6.45, 7) is 1.63. The van der Waals surface area contributed by atoms with Crippen LogP contribution in [0.1, 0.15) is 12.5 Å². The van der Waals surface area contributed by atoms with Gasteiger partial charge in [-0.25, -0.2) is 0 Å². The molecule has 0 aliphatic rings. The topological polar surface area (TPSA) is 44.9 Å². The van der Waals surface area contributed by atoms with E-state index in [9.17, 15) is 4.79 Å². The quantitative estimate of drug-likeness (QED) is 0.762. The van der Waals surface area contributed by atoms with Gasteiger partial charge in [-0.3, -0.25) is 4.79 Å². The number of hydrogen-bond acceptors (Lipinski definition) is 2. The predicted molar refractivity (Wildman–Crippen MR) is 83.0 cm³/mol. The van der Waals surface area contributed by atoms with Crippen LogP contribution in [0.25, 0.3) is 21.8 Å². The molecule has 102 valence electrons. The first kappa shape index (κ1) is 12.9. The van der Waals surface area contributed by atoms with Crippen molar-refractivity contribution < 1.29 is 4.79 Å². The summed E-state index contributed by atoms with van der Waals surface area (Å²) in [6.07, 6.45) is 0.719. The maximum absolute atomic E-state index is 11.5. The van der Waals surface area contributed by atoms with Crippen LogP contribution in [0.5, 0.6) is 0 Å². The SMILES string of the molecule is CNC(Cc1ccc2c(c1)[nH]c1ccccc12)C(C)=O. The summed E-state index contributed by atoms with van der Waals surface area (Å²) >= 11 is 0. The number of para-hydroxylation sites is 1. The summed E-state index contributed by atoms with van der Waals surface area (Å²) < 4.78 is 0. The molecule has 1 heterocycles. The molecule has 0 amide bonds. The van der Waals surface area contributed by atoms with E-state index in [0.717, 1.165) is 17.5 Å². The molecule has 3 nitrogen and oxygen atoms in total. The second kappa shape index (κ2) is 5.10. The Morgan fingerprint density at radius 3 is 2.65 bits per heavy atom. The lowest BCUT2D eigenvalue weighted by molar-refractivity contribution is -0.118. The van der Waals surface area contributed by atoms with Gasteiger partial charge in [-0.15, -0.1) is 0 Å². The summed E-state index contributed by atoms with van der Waals surface area (Å²) in [5, 5.41) is 5.54. The van der Waals surface area contributed by atoms with Gasteiger partial charge in [-0.05, 0) is 38.1 Å². The van der Waals surface area contributed by atoms with Crippen molar-refractivity contribution in [1.82, 2.24) is 10.3 Å². The lowest BCUT2D eigenvalue weighted by atomic mass is 10.0. The summed E-state index contributed by atoms with van der Waals surface area (Å²) in [5.74, 6) is 0.171. The summed E-state index contributed by atoms with van der Waals surface area (Å²) in [7, 11) is 1.83. The van der Waals surface area contributed by atoms with Crippen molar-refractivity contribution in [1.29, 1.82) is 0 Å². The van der Waals surface area contributed by atoms with Gasteiger partial charge in [0.1, 0.15) is 5.78 Å². The molecule has 2 N–H and O–H groups in total. The standard InChI is InChI=1S/C17H18N2O/c1-11(20)16(18-2)9-12-7-8-14-13-5-3-4-6-15(13)19-17(14)10-12/h3-8,10,16,18-19H,9H2,1-2H3. The van der Waals surface area contributed by atoms with Gasteiger partial charge in [-0.2, -0.15) is 0 Å². The minimum absolute atomic E-state index is 0.114. The second-order valence-corrected chi connectivity index (χ2v) is 5.21. The normalized spacial score (nSPS) is 12.9. The van der Waals surface area contributed by atoms with Crippen molar-refractivity contribution in [3.8, 4) is 0 Å². The molecule has 0 aliphatic heterocycles. The molecule has 3 aromatic rings. The maximum Gasteiger partial charge on any atom is 0.147 e. The Balaban J connectivity index is 2.02. The highest BCUT2D eigenvalue weighted by Crippen LogP contribution is 2.26. The Morgan fingerprint density at radius 2 is 1.90 bits per heavy atom. The summed E-state index contributed by atoms with van der Waals surface area (Å²) in [4.78, 5) is 14.9. The maximum atomic E-state index is 11.5. The molecule has 0 radical (unpaired) electrons. The minimum atomic E-state index is -0.114. The molecule has 0 saturated heterocycles. The summed E-state index contributed by atoms with van der Waals surface area (Å²) in [5.41, 5.74) is 3.44. The highest BCUT2D eigenvalue weighted by atomic mass is 16.1. The molecule has 1 unspecified atom stereocenters. The van der Waals surface area contributed by atoms with Gasteiger partial charge in [-0.1, -0.05) is 30.3 Å². The van der Waals surface area contributed by atoms with Gasteiger partial charge < -0.3 is 10.3 Å². The van der Waals surface area contributed by atoms with Crippen molar-refractivity contribution in [2.24, 2.45) is 0 Å². The smallest absolute Gasteiger partial charge is 0.147 e. The number of Topliss-reactive ketones (excluding diaryl/α,β-unsaturated/α-hetero) is 1. The Bertz CT molecular complexity index is 773. The molecule has 1 atom stereocenters. The van der Waals surface area contributed by atoms with Gasteiger partial charge >= 0.3 is 0 Å².